The number of fused-ring (bicyclic) bond motifs is 1. The van der Waals surface area contributed by atoms with E-state index in [1.165, 1.54) is 16.0 Å². The first-order chi connectivity index (χ1) is 15.5. The molecule has 2 N–H and O–H groups in total. The lowest BCUT2D eigenvalue weighted by atomic mass is 9.81. The molecule has 3 aromatic rings. The standard InChI is InChI=1S/C28H33NO3/c1-28(2)27(30)24-18-26(32-4)25(31-3)17-22(24)19-29(28)16-15-23(20-11-7-5-8-12-20)21-13-9-6-10-14-21/h5-14,17-18,23,27,30H,15-16,19H2,1-4H3/p+1/t27-/m0/s1. The lowest BCUT2D eigenvalue weighted by molar-refractivity contribution is -0.969. The minimum atomic E-state index is -0.576. The van der Waals surface area contributed by atoms with E-state index < -0.39 is 6.10 Å². The average Bonchev–Trinajstić information content (AvgIpc) is 2.83. The van der Waals surface area contributed by atoms with Crippen molar-refractivity contribution in [3.8, 4) is 11.5 Å². The predicted octanol–water partition coefficient (Wildman–Crippen LogP) is 4.14. The van der Waals surface area contributed by atoms with Gasteiger partial charge in [0.15, 0.2) is 11.5 Å². The molecule has 0 saturated heterocycles. The first-order valence-corrected chi connectivity index (χ1v) is 11.3. The summed E-state index contributed by atoms with van der Waals surface area (Å²) >= 11 is 0. The summed E-state index contributed by atoms with van der Waals surface area (Å²) < 4.78 is 11.0. The summed E-state index contributed by atoms with van der Waals surface area (Å²) in [5.74, 6) is 1.70. The van der Waals surface area contributed by atoms with Crippen molar-refractivity contribution in [2.75, 3.05) is 20.8 Å². The summed E-state index contributed by atoms with van der Waals surface area (Å²) in [6.07, 6.45) is 0.426. The summed E-state index contributed by atoms with van der Waals surface area (Å²) in [7, 11) is 3.29. The Morgan fingerprint density at radius 2 is 1.44 bits per heavy atom. The number of rotatable bonds is 7. The van der Waals surface area contributed by atoms with Gasteiger partial charge >= 0.3 is 0 Å². The van der Waals surface area contributed by atoms with Crippen molar-refractivity contribution in [3.63, 3.8) is 0 Å². The van der Waals surface area contributed by atoms with Crippen LogP contribution in [0.25, 0.3) is 0 Å². The van der Waals surface area contributed by atoms with Gasteiger partial charge < -0.3 is 19.5 Å². The first kappa shape index (κ1) is 22.4. The lowest BCUT2D eigenvalue weighted by Crippen LogP contribution is -3.19. The van der Waals surface area contributed by atoms with E-state index >= 15 is 0 Å². The molecule has 2 atom stereocenters. The smallest absolute Gasteiger partial charge is 0.161 e. The number of benzene rings is 3. The van der Waals surface area contributed by atoms with E-state index in [0.29, 0.717) is 17.4 Å². The molecular weight excluding hydrogens is 398 g/mol. The van der Waals surface area contributed by atoms with Gasteiger partial charge in [-0.2, -0.15) is 0 Å². The number of ether oxygens (including phenoxy) is 2. The summed E-state index contributed by atoms with van der Waals surface area (Å²) in [6.45, 7) is 6.11. The number of quaternary nitrogens is 1. The molecule has 4 rings (SSSR count). The summed E-state index contributed by atoms with van der Waals surface area (Å²) in [5, 5.41) is 11.3. The highest BCUT2D eigenvalue weighted by molar-refractivity contribution is 5.49. The molecule has 4 heteroatoms. The molecule has 0 bridgehead atoms. The number of aliphatic hydroxyl groups is 1. The van der Waals surface area contributed by atoms with Crippen molar-refractivity contribution in [1.82, 2.24) is 0 Å². The van der Waals surface area contributed by atoms with Crippen molar-refractivity contribution >= 4 is 0 Å². The van der Waals surface area contributed by atoms with Gasteiger partial charge in [-0.25, -0.2) is 0 Å². The highest BCUT2D eigenvalue weighted by Gasteiger charge is 2.45. The van der Waals surface area contributed by atoms with Crippen LogP contribution in [0.4, 0.5) is 0 Å². The van der Waals surface area contributed by atoms with Crippen LogP contribution >= 0.6 is 0 Å². The number of hydrogen-bond donors (Lipinski definition) is 2. The fraction of sp³-hybridized carbons (Fsp3) is 0.357. The van der Waals surface area contributed by atoms with Crippen LogP contribution in [0.15, 0.2) is 72.8 Å². The number of methoxy groups -OCH3 is 2. The third-order valence-electron chi connectivity index (χ3n) is 7.08. The van der Waals surface area contributed by atoms with Crippen molar-refractivity contribution < 1.29 is 19.5 Å². The molecule has 1 aliphatic rings. The fourth-order valence-electron chi connectivity index (χ4n) is 5.01. The largest absolute Gasteiger partial charge is 0.493 e. The Morgan fingerprint density at radius 3 is 1.97 bits per heavy atom. The highest BCUT2D eigenvalue weighted by Crippen LogP contribution is 2.38. The lowest BCUT2D eigenvalue weighted by Gasteiger charge is -2.44. The summed E-state index contributed by atoms with van der Waals surface area (Å²) in [4.78, 5) is 1.38. The topological polar surface area (TPSA) is 43.1 Å². The van der Waals surface area contributed by atoms with Gasteiger partial charge in [-0.05, 0) is 42.7 Å². The normalized spacial score (nSPS) is 19.4. The quantitative estimate of drug-likeness (QED) is 0.590. The zero-order valence-corrected chi connectivity index (χ0v) is 19.5. The van der Waals surface area contributed by atoms with Crippen LogP contribution in [-0.4, -0.2) is 31.4 Å². The zero-order chi connectivity index (χ0) is 22.7. The first-order valence-electron chi connectivity index (χ1n) is 11.3. The second kappa shape index (κ2) is 9.35. The van der Waals surface area contributed by atoms with E-state index in [1.807, 2.05) is 12.1 Å². The zero-order valence-electron chi connectivity index (χ0n) is 19.5. The van der Waals surface area contributed by atoms with E-state index in [2.05, 4.69) is 74.5 Å². The summed E-state index contributed by atoms with van der Waals surface area (Å²) in [5.41, 5.74) is 4.42. The van der Waals surface area contributed by atoms with E-state index in [4.69, 9.17) is 9.47 Å². The molecule has 0 spiro atoms. The maximum absolute atomic E-state index is 11.3. The molecule has 4 nitrogen and oxygen atoms in total. The molecule has 1 heterocycles. The Kier molecular flexibility index (Phi) is 6.54. The predicted molar refractivity (Wildman–Crippen MR) is 127 cm³/mol. The van der Waals surface area contributed by atoms with Gasteiger partial charge in [0.2, 0.25) is 0 Å². The maximum Gasteiger partial charge on any atom is 0.161 e. The van der Waals surface area contributed by atoms with E-state index in [1.54, 1.807) is 14.2 Å². The Hall–Kier alpha value is -2.82. The van der Waals surface area contributed by atoms with Crippen LogP contribution in [0.5, 0.6) is 11.5 Å². The SMILES string of the molecule is COc1cc2c(cc1OC)[C@H](O)C(C)(C)[NH+](CCC(c1ccccc1)c1ccccc1)C2. The molecular formula is C28H34NO3+. The van der Waals surface area contributed by atoms with Gasteiger partial charge in [-0.1, -0.05) is 60.7 Å². The van der Waals surface area contributed by atoms with Crippen LogP contribution in [0.3, 0.4) is 0 Å². The maximum atomic E-state index is 11.3. The van der Waals surface area contributed by atoms with Gasteiger partial charge in [0.25, 0.3) is 0 Å². The van der Waals surface area contributed by atoms with Gasteiger partial charge in [-0.15, -0.1) is 0 Å². The van der Waals surface area contributed by atoms with Gasteiger partial charge in [0.05, 0.1) is 20.8 Å². The summed E-state index contributed by atoms with van der Waals surface area (Å²) in [6, 6.07) is 25.4. The molecule has 0 radical (unpaired) electrons. The second-order valence-corrected chi connectivity index (χ2v) is 9.22. The second-order valence-electron chi connectivity index (χ2n) is 9.22. The number of hydrogen-bond acceptors (Lipinski definition) is 3. The van der Waals surface area contributed by atoms with Crippen LogP contribution in [0, 0.1) is 0 Å². The molecule has 32 heavy (non-hydrogen) atoms. The Balaban J connectivity index is 1.62. The van der Waals surface area contributed by atoms with Crippen LogP contribution in [-0.2, 0) is 6.54 Å². The molecule has 1 unspecified atom stereocenters. The molecule has 3 aromatic carbocycles. The highest BCUT2D eigenvalue weighted by atomic mass is 16.5. The monoisotopic (exact) mass is 432 g/mol. The number of aliphatic hydroxyl groups excluding tert-OH is 1. The fourth-order valence-corrected chi connectivity index (χ4v) is 5.01. The number of nitrogens with one attached hydrogen (secondary N) is 1. The van der Waals surface area contributed by atoms with Crippen molar-refractivity contribution in [2.24, 2.45) is 0 Å². The molecule has 0 aliphatic carbocycles. The van der Waals surface area contributed by atoms with E-state index in [9.17, 15) is 5.11 Å². The third-order valence-corrected chi connectivity index (χ3v) is 7.08. The average molecular weight is 433 g/mol. The van der Waals surface area contributed by atoms with Crippen LogP contribution in [0.2, 0.25) is 0 Å². The molecule has 0 aromatic heterocycles. The van der Waals surface area contributed by atoms with E-state index in [0.717, 1.165) is 30.6 Å². The molecule has 0 amide bonds. The van der Waals surface area contributed by atoms with Gasteiger partial charge in [0, 0.05) is 17.9 Å². The minimum absolute atomic E-state index is 0.315. The third kappa shape index (κ3) is 4.25. The Morgan fingerprint density at radius 1 is 0.906 bits per heavy atom. The van der Waals surface area contributed by atoms with Crippen LogP contribution in [0.1, 0.15) is 54.5 Å². The van der Waals surface area contributed by atoms with Crippen molar-refractivity contribution in [3.05, 3.63) is 95.1 Å². The molecule has 1 aliphatic heterocycles. The minimum Gasteiger partial charge on any atom is -0.493 e. The van der Waals surface area contributed by atoms with Crippen molar-refractivity contribution in [2.45, 2.75) is 44.4 Å². The Labute approximate surface area is 191 Å². The van der Waals surface area contributed by atoms with Gasteiger partial charge in [0.1, 0.15) is 18.2 Å². The van der Waals surface area contributed by atoms with Gasteiger partial charge in [-0.3, -0.25) is 0 Å². The molecule has 0 fully saturated rings. The van der Waals surface area contributed by atoms with Crippen LogP contribution < -0.4 is 14.4 Å². The van der Waals surface area contributed by atoms with E-state index in [-0.39, 0.29) is 5.54 Å². The van der Waals surface area contributed by atoms with Crippen molar-refractivity contribution in [1.29, 1.82) is 0 Å². The Bertz CT molecular complexity index is 994. The molecule has 0 saturated carbocycles. The molecule has 168 valence electrons.